The maximum Gasteiger partial charge on any atom is 0.290 e. The van der Waals surface area contributed by atoms with Crippen molar-refractivity contribution in [1.29, 1.82) is 5.26 Å². The lowest BCUT2D eigenvalue weighted by molar-refractivity contribution is 0.0639. The Hall–Kier alpha value is -2.88. The monoisotopic (exact) mass is 339 g/mol. The number of carbonyl (C=O) groups is 1. The van der Waals surface area contributed by atoms with E-state index in [1.165, 1.54) is 6.20 Å². The van der Waals surface area contributed by atoms with Gasteiger partial charge in [0.1, 0.15) is 6.07 Å². The molecule has 1 fully saturated rings. The van der Waals surface area contributed by atoms with Crippen molar-refractivity contribution < 1.29 is 9.21 Å². The Labute approximate surface area is 146 Å². The number of furan rings is 1. The standard InChI is InChI=1S/C18H21N5O2/c1-12(2)14-4-9-25-16(14)18(24)23-8-7-22(11-13(23)3)17-15(10-19)20-5-6-21-17/h4-6,9,12-13H,7-8,11H2,1-3H3. The van der Waals surface area contributed by atoms with Crippen molar-refractivity contribution in [3.63, 3.8) is 0 Å². The second kappa shape index (κ2) is 6.93. The lowest BCUT2D eigenvalue weighted by Gasteiger charge is -2.40. The summed E-state index contributed by atoms with van der Waals surface area (Å²) < 4.78 is 5.47. The minimum absolute atomic E-state index is 0.0279. The molecule has 3 rings (SSSR count). The number of rotatable bonds is 3. The molecular weight excluding hydrogens is 318 g/mol. The van der Waals surface area contributed by atoms with E-state index in [9.17, 15) is 10.1 Å². The molecule has 1 unspecified atom stereocenters. The van der Waals surface area contributed by atoms with Gasteiger partial charge in [-0.1, -0.05) is 13.8 Å². The van der Waals surface area contributed by atoms with Gasteiger partial charge in [-0.2, -0.15) is 5.26 Å². The van der Waals surface area contributed by atoms with Gasteiger partial charge in [-0.05, 0) is 18.9 Å². The van der Waals surface area contributed by atoms with E-state index in [0.717, 1.165) is 5.56 Å². The lowest BCUT2D eigenvalue weighted by atomic mass is 10.0. The van der Waals surface area contributed by atoms with Crippen molar-refractivity contribution in [1.82, 2.24) is 14.9 Å². The smallest absolute Gasteiger partial charge is 0.290 e. The first-order chi connectivity index (χ1) is 12.0. The second-order valence-corrected chi connectivity index (χ2v) is 6.49. The summed E-state index contributed by atoms with van der Waals surface area (Å²) in [5, 5.41) is 9.21. The molecule has 1 aliphatic rings. The molecule has 0 N–H and O–H groups in total. The van der Waals surface area contributed by atoms with Crippen molar-refractivity contribution in [3.8, 4) is 6.07 Å². The van der Waals surface area contributed by atoms with Crippen molar-refractivity contribution in [2.45, 2.75) is 32.7 Å². The summed E-state index contributed by atoms with van der Waals surface area (Å²) in [6, 6.07) is 3.90. The highest BCUT2D eigenvalue weighted by Crippen LogP contribution is 2.25. The number of amides is 1. The number of nitrogens with zero attached hydrogens (tertiary/aromatic N) is 5. The number of aromatic nitrogens is 2. The predicted molar refractivity (Wildman–Crippen MR) is 92.3 cm³/mol. The molecule has 0 radical (unpaired) electrons. The summed E-state index contributed by atoms with van der Waals surface area (Å²) in [6.07, 6.45) is 4.66. The zero-order valence-electron chi connectivity index (χ0n) is 14.6. The van der Waals surface area contributed by atoms with Crippen molar-refractivity contribution in [3.05, 3.63) is 41.7 Å². The summed E-state index contributed by atoms with van der Waals surface area (Å²) in [7, 11) is 0. The Balaban J connectivity index is 1.77. The zero-order valence-corrected chi connectivity index (χ0v) is 14.6. The van der Waals surface area contributed by atoms with Crippen LogP contribution >= 0.6 is 0 Å². The maximum absolute atomic E-state index is 12.9. The van der Waals surface area contributed by atoms with Crippen LogP contribution in [-0.4, -0.2) is 46.5 Å². The fourth-order valence-corrected chi connectivity index (χ4v) is 3.17. The summed E-state index contributed by atoms with van der Waals surface area (Å²) in [6.45, 7) is 7.81. The third-order valence-corrected chi connectivity index (χ3v) is 4.48. The fourth-order valence-electron chi connectivity index (χ4n) is 3.17. The Morgan fingerprint density at radius 2 is 2.12 bits per heavy atom. The van der Waals surface area contributed by atoms with Crippen LogP contribution in [0.25, 0.3) is 0 Å². The molecule has 130 valence electrons. The molecule has 7 heteroatoms. The first-order valence-electron chi connectivity index (χ1n) is 8.37. The molecule has 1 saturated heterocycles. The van der Waals surface area contributed by atoms with E-state index >= 15 is 0 Å². The SMILES string of the molecule is CC(C)c1ccoc1C(=O)N1CCN(c2nccnc2C#N)CC1C. The van der Waals surface area contributed by atoms with Gasteiger partial charge in [-0.3, -0.25) is 4.79 Å². The van der Waals surface area contributed by atoms with E-state index < -0.39 is 0 Å². The number of carbonyl (C=O) groups excluding carboxylic acids is 1. The average molecular weight is 339 g/mol. The summed E-state index contributed by atoms with van der Waals surface area (Å²) in [5.41, 5.74) is 1.24. The van der Waals surface area contributed by atoms with Gasteiger partial charge < -0.3 is 14.2 Å². The molecule has 25 heavy (non-hydrogen) atoms. The maximum atomic E-state index is 12.9. The highest BCUT2D eigenvalue weighted by Gasteiger charge is 2.32. The molecule has 2 aromatic heterocycles. The van der Waals surface area contributed by atoms with E-state index in [1.54, 1.807) is 12.5 Å². The van der Waals surface area contributed by atoms with Crippen molar-refractivity contribution in [2.24, 2.45) is 0 Å². The van der Waals surface area contributed by atoms with E-state index in [-0.39, 0.29) is 17.9 Å². The number of hydrogen-bond acceptors (Lipinski definition) is 6. The molecular formula is C18H21N5O2. The predicted octanol–water partition coefficient (Wildman–Crippen LogP) is 2.42. The lowest BCUT2D eigenvalue weighted by Crippen LogP contribution is -2.54. The number of anilines is 1. The third-order valence-electron chi connectivity index (χ3n) is 4.48. The van der Waals surface area contributed by atoms with Crippen LogP contribution in [0.4, 0.5) is 5.82 Å². The van der Waals surface area contributed by atoms with E-state index in [4.69, 9.17) is 4.42 Å². The molecule has 1 amide bonds. The molecule has 3 heterocycles. The van der Waals surface area contributed by atoms with Gasteiger partial charge in [0.25, 0.3) is 5.91 Å². The number of hydrogen-bond donors (Lipinski definition) is 0. The minimum atomic E-state index is -0.0829. The van der Waals surface area contributed by atoms with E-state index in [2.05, 4.69) is 16.0 Å². The number of piperazine rings is 1. The summed E-state index contributed by atoms with van der Waals surface area (Å²) >= 11 is 0. The molecule has 2 aromatic rings. The largest absolute Gasteiger partial charge is 0.459 e. The molecule has 0 aromatic carbocycles. The molecule has 7 nitrogen and oxygen atoms in total. The van der Waals surface area contributed by atoms with Gasteiger partial charge in [0.05, 0.1) is 6.26 Å². The van der Waals surface area contributed by atoms with Crippen LogP contribution in [0, 0.1) is 11.3 Å². The first kappa shape index (κ1) is 17.0. The summed E-state index contributed by atoms with van der Waals surface area (Å²) in [5.74, 6) is 1.14. The van der Waals surface area contributed by atoms with Crippen LogP contribution in [0.2, 0.25) is 0 Å². The Morgan fingerprint density at radius 3 is 2.80 bits per heavy atom. The van der Waals surface area contributed by atoms with Crippen LogP contribution in [0.15, 0.2) is 29.1 Å². The average Bonchev–Trinajstić information content (AvgIpc) is 3.11. The van der Waals surface area contributed by atoms with Gasteiger partial charge in [-0.25, -0.2) is 9.97 Å². The fraction of sp³-hybridized carbons (Fsp3) is 0.444. The normalized spacial score (nSPS) is 17.6. The van der Waals surface area contributed by atoms with Gasteiger partial charge in [0, 0.05) is 43.6 Å². The van der Waals surface area contributed by atoms with Crippen LogP contribution in [0.1, 0.15) is 48.5 Å². The van der Waals surface area contributed by atoms with Gasteiger partial charge in [0.2, 0.25) is 0 Å². The molecule has 0 bridgehead atoms. The Morgan fingerprint density at radius 1 is 1.36 bits per heavy atom. The second-order valence-electron chi connectivity index (χ2n) is 6.49. The van der Waals surface area contributed by atoms with Crippen molar-refractivity contribution in [2.75, 3.05) is 24.5 Å². The molecule has 0 spiro atoms. The van der Waals surface area contributed by atoms with E-state index in [1.807, 2.05) is 36.6 Å². The topological polar surface area (TPSA) is 86.3 Å². The first-order valence-corrected chi connectivity index (χ1v) is 8.37. The third kappa shape index (κ3) is 3.20. The molecule has 0 saturated carbocycles. The van der Waals surface area contributed by atoms with E-state index in [0.29, 0.717) is 36.9 Å². The van der Waals surface area contributed by atoms with Gasteiger partial charge in [-0.15, -0.1) is 0 Å². The quantitative estimate of drug-likeness (QED) is 0.853. The zero-order chi connectivity index (χ0) is 18.0. The Kier molecular flexibility index (Phi) is 4.70. The highest BCUT2D eigenvalue weighted by molar-refractivity contribution is 5.93. The molecule has 1 aliphatic heterocycles. The van der Waals surface area contributed by atoms with Crippen LogP contribution in [0.5, 0.6) is 0 Å². The summed E-state index contributed by atoms with van der Waals surface area (Å²) in [4.78, 5) is 25.1. The minimum Gasteiger partial charge on any atom is -0.459 e. The molecule has 0 aliphatic carbocycles. The Bertz CT molecular complexity index is 808. The van der Waals surface area contributed by atoms with Crippen molar-refractivity contribution >= 4 is 11.7 Å². The highest BCUT2D eigenvalue weighted by atomic mass is 16.3. The molecule has 1 atom stereocenters. The van der Waals surface area contributed by atoms with Gasteiger partial charge in [0.15, 0.2) is 17.3 Å². The van der Waals surface area contributed by atoms with Crippen LogP contribution in [0.3, 0.4) is 0 Å². The number of nitriles is 1. The van der Waals surface area contributed by atoms with Crippen LogP contribution in [-0.2, 0) is 0 Å². The van der Waals surface area contributed by atoms with Crippen LogP contribution < -0.4 is 4.90 Å². The van der Waals surface area contributed by atoms with Gasteiger partial charge >= 0.3 is 0 Å².